The number of nitrogens with one attached hydrogen (secondary N) is 2. The first-order valence-corrected chi connectivity index (χ1v) is 7.20. The molecule has 0 aliphatic carbocycles. The largest absolute Gasteiger partial charge is 0.381 e. The first-order chi connectivity index (χ1) is 10.0. The van der Waals surface area contributed by atoms with Crippen molar-refractivity contribution in [2.45, 2.75) is 33.2 Å². The van der Waals surface area contributed by atoms with Gasteiger partial charge in [-0.25, -0.2) is 0 Å². The van der Waals surface area contributed by atoms with Gasteiger partial charge in [-0.3, -0.25) is 9.48 Å². The monoisotopic (exact) mass is 284 g/mol. The summed E-state index contributed by atoms with van der Waals surface area (Å²) < 4.78 is 1.91. The van der Waals surface area contributed by atoms with Gasteiger partial charge in [0.05, 0.1) is 5.69 Å². The van der Waals surface area contributed by atoms with Gasteiger partial charge in [-0.2, -0.15) is 5.10 Å². The zero-order valence-electron chi connectivity index (χ0n) is 12.7. The molecule has 0 spiro atoms. The first kappa shape index (κ1) is 13.7. The number of carbonyl (C=O) groups excluding carboxylic acids is 1. The van der Waals surface area contributed by atoms with Gasteiger partial charge in [-0.05, 0) is 44.0 Å². The van der Waals surface area contributed by atoms with Crippen molar-refractivity contribution in [3.05, 3.63) is 40.7 Å². The Morgan fingerprint density at radius 1 is 1.33 bits per heavy atom. The molecule has 1 aromatic carbocycles. The van der Waals surface area contributed by atoms with Crippen LogP contribution < -0.4 is 10.6 Å². The van der Waals surface area contributed by atoms with Crippen LogP contribution in [0.2, 0.25) is 0 Å². The van der Waals surface area contributed by atoms with Crippen LogP contribution in [-0.2, 0) is 24.8 Å². The second kappa shape index (κ2) is 5.24. The first-order valence-electron chi connectivity index (χ1n) is 7.20. The summed E-state index contributed by atoms with van der Waals surface area (Å²) in [4.78, 5) is 11.4. The summed E-state index contributed by atoms with van der Waals surface area (Å²) in [5.74, 6) is 0.102. The third-order valence-corrected chi connectivity index (χ3v) is 4.13. The van der Waals surface area contributed by atoms with E-state index in [1.807, 2.05) is 30.8 Å². The normalized spacial score (nSPS) is 13.8. The van der Waals surface area contributed by atoms with E-state index in [-0.39, 0.29) is 5.91 Å². The maximum Gasteiger partial charge on any atom is 0.224 e. The Hall–Kier alpha value is -2.30. The van der Waals surface area contributed by atoms with Crippen LogP contribution in [0.4, 0.5) is 11.4 Å². The number of anilines is 2. The predicted molar refractivity (Wildman–Crippen MR) is 83.4 cm³/mol. The highest BCUT2D eigenvalue weighted by Crippen LogP contribution is 2.26. The van der Waals surface area contributed by atoms with E-state index in [4.69, 9.17) is 0 Å². The highest BCUT2D eigenvalue weighted by molar-refractivity contribution is 5.94. The van der Waals surface area contributed by atoms with Crippen LogP contribution in [0.1, 0.15) is 28.9 Å². The van der Waals surface area contributed by atoms with E-state index in [1.54, 1.807) is 0 Å². The van der Waals surface area contributed by atoms with Gasteiger partial charge in [0.1, 0.15) is 0 Å². The van der Waals surface area contributed by atoms with Crippen LogP contribution in [0, 0.1) is 13.8 Å². The van der Waals surface area contributed by atoms with Crippen molar-refractivity contribution in [1.29, 1.82) is 0 Å². The maximum atomic E-state index is 11.4. The Morgan fingerprint density at radius 3 is 2.86 bits per heavy atom. The lowest BCUT2D eigenvalue weighted by Crippen LogP contribution is -2.19. The molecule has 5 nitrogen and oxygen atoms in total. The molecule has 0 saturated carbocycles. The third-order valence-electron chi connectivity index (χ3n) is 4.13. The summed E-state index contributed by atoms with van der Waals surface area (Å²) in [6, 6.07) is 6.10. The Morgan fingerprint density at radius 2 is 2.14 bits per heavy atom. The van der Waals surface area contributed by atoms with Crippen LogP contribution in [0.5, 0.6) is 0 Å². The number of nitrogens with zero attached hydrogens (tertiary/aromatic N) is 2. The van der Waals surface area contributed by atoms with Crippen molar-refractivity contribution in [2.75, 3.05) is 10.6 Å². The van der Waals surface area contributed by atoms with Crippen LogP contribution in [0.3, 0.4) is 0 Å². The van der Waals surface area contributed by atoms with Gasteiger partial charge in [0.15, 0.2) is 0 Å². The number of aromatic nitrogens is 2. The average Bonchev–Trinajstić information content (AvgIpc) is 2.70. The van der Waals surface area contributed by atoms with E-state index >= 15 is 0 Å². The zero-order valence-corrected chi connectivity index (χ0v) is 12.7. The topological polar surface area (TPSA) is 59.0 Å². The molecule has 2 heterocycles. The van der Waals surface area contributed by atoms with E-state index in [0.29, 0.717) is 6.42 Å². The molecule has 0 fully saturated rings. The summed E-state index contributed by atoms with van der Waals surface area (Å²) in [5, 5.41) is 10.8. The molecule has 110 valence electrons. The van der Waals surface area contributed by atoms with Crippen molar-refractivity contribution in [2.24, 2.45) is 7.05 Å². The Kier molecular flexibility index (Phi) is 3.41. The van der Waals surface area contributed by atoms with Crippen molar-refractivity contribution in [1.82, 2.24) is 9.78 Å². The molecule has 0 radical (unpaired) electrons. The summed E-state index contributed by atoms with van der Waals surface area (Å²) in [6.07, 6.45) is 1.37. The zero-order chi connectivity index (χ0) is 15.0. The number of hydrogen-bond donors (Lipinski definition) is 2. The van der Waals surface area contributed by atoms with Crippen molar-refractivity contribution < 1.29 is 4.79 Å². The number of aryl methyl sites for hydroxylation is 3. The molecule has 2 N–H and O–H groups in total. The minimum Gasteiger partial charge on any atom is -0.381 e. The molecule has 2 aromatic rings. The second-order valence-electron chi connectivity index (χ2n) is 5.55. The number of carbonyl (C=O) groups is 1. The van der Waals surface area contributed by atoms with Gasteiger partial charge in [-0.1, -0.05) is 0 Å². The van der Waals surface area contributed by atoms with E-state index in [2.05, 4.69) is 28.7 Å². The molecule has 1 aliphatic heterocycles. The summed E-state index contributed by atoms with van der Waals surface area (Å²) in [6.45, 7) is 4.88. The highest BCUT2D eigenvalue weighted by Gasteiger charge is 2.15. The van der Waals surface area contributed by atoms with Crippen LogP contribution in [0.15, 0.2) is 18.2 Å². The average molecular weight is 284 g/mol. The predicted octanol–water partition coefficient (Wildman–Crippen LogP) is 2.53. The van der Waals surface area contributed by atoms with E-state index in [1.165, 1.54) is 16.8 Å². The summed E-state index contributed by atoms with van der Waals surface area (Å²) in [7, 11) is 1.97. The van der Waals surface area contributed by atoms with E-state index in [0.717, 1.165) is 30.0 Å². The van der Waals surface area contributed by atoms with Gasteiger partial charge >= 0.3 is 0 Å². The van der Waals surface area contributed by atoms with Gasteiger partial charge in [0.25, 0.3) is 0 Å². The molecule has 21 heavy (non-hydrogen) atoms. The molecular weight excluding hydrogens is 264 g/mol. The number of hydrogen-bond acceptors (Lipinski definition) is 3. The lowest BCUT2D eigenvalue weighted by molar-refractivity contribution is -0.116. The fourth-order valence-corrected chi connectivity index (χ4v) is 2.76. The highest BCUT2D eigenvalue weighted by atomic mass is 16.1. The molecule has 0 atom stereocenters. The molecule has 5 heteroatoms. The number of benzene rings is 1. The Labute approximate surface area is 124 Å². The van der Waals surface area contributed by atoms with Crippen molar-refractivity contribution in [3.8, 4) is 0 Å². The molecule has 1 aliphatic rings. The minimum atomic E-state index is 0.102. The number of rotatable bonds is 3. The third kappa shape index (κ3) is 2.63. The van der Waals surface area contributed by atoms with Crippen LogP contribution >= 0.6 is 0 Å². The molecule has 0 unspecified atom stereocenters. The molecule has 3 rings (SSSR count). The van der Waals surface area contributed by atoms with Crippen molar-refractivity contribution in [3.63, 3.8) is 0 Å². The molecular formula is C16H20N4O. The Balaban J connectivity index is 1.75. The number of amides is 1. The molecule has 1 amide bonds. The lowest BCUT2D eigenvalue weighted by atomic mass is 10.0. The smallest absolute Gasteiger partial charge is 0.224 e. The fraction of sp³-hybridized carbons (Fsp3) is 0.375. The van der Waals surface area contributed by atoms with Crippen molar-refractivity contribution >= 4 is 17.3 Å². The standard InChI is InChI=1S/C16H20N4O/c1-10-14(11(2)20(3)19-10)9-17-13-5-6-15-12(8-13)4-7-16(21)18-15/h5-6,8,17H,4,7,9H2,1-3H3,(H,18,21). The molecule has 0 saturated heterocycles. The Bertz CT molecular complexity index is 703. The van der Waals surface area contributed by atoms with Gasteiger partial charge in [0.2, 0.25) is 5.91 Å². The molecule has 1 aromatic heterocycles. The van der Waals surface area contributed by atoms with Gasteiger partial charge in [0, 0.05) is 42.6 Å². The molecule has 0 bridgehead atoms. The van der Waals surface area contributed by atoms with E-state index in [9.17, 15) is 4.79 Å². The van der Waals surface area contributed by atoms with Crippen LogP contribution in [0.25, 0.3) is 0 Å². The fourth-order valence-electron chi connectivity index (χ4n) is 2.76. The van der Waals surface area contributed by atoms with Gasteiger partial charge in [-0.15, -0.1) is 0 Å². The quantitative estimate of drug-likeness (QED) is 0.910. The minimum absolute atomic E-state index is 0.102. The summed E-state index contributed by atoms with van der Waals surface area (Å²) in [5.41, 5.74) is 6.69. The maximum absolute atomic E-state index is 11.4. The number of fused-ring (bicyclic) bond motifs is 1. The van der Waals surface area contributed by atoms with E-state index < -0.39 is 0 Å². The van der Waals surface area contributed by atoms with Gasteiger partial charge < -0.3 is 10.6 Å². The lowest BCUT2D eigenvalue weighted by Gasteiger charge is -2.18. The summed E-state index contributed by atoms with van der Waals surface area (Å²) >= 11 is 0. The SMILES string of the molecule is Cc1nn(C)c(C)c1CNc1ccc2c(c1)CCC(=O)N2. The second-order valence-corrected chi connectivity index (χ2v) is 5.55. The van der Waals surface area contributed by atoms with Crippen LogP contribution in [-0.4, -0.2) is 15.7 Å².